The maximum Gasteiger partial charge on any atom is 0.387 e. The van der Waals surface area contributed by atoms with Gasteiger partial charge >= 0.3 is 6.61 Å². The maximum absolute atomic E-state index is 12.5. The number of guanidine groups is 1. The Balaban J connectivity index is 0.00000392. The number of ether oxygens (including phenoxy) is 1. The second kappa shape index (κ2) is 13.9. The van der Waals surface area contributed by atoms with Crippen molar-refractivity contribution in [2.45, 2.75) is 26.0 Å². The Labute approximate surface area is 181 Å². The first-order valence-corrected chi connectivity index (χ1v) is 8.81. The summed E-state index contributed by atoms with van der Waals surface area (Å²) in [6.07, 6.45) is 3.68. The van der Waals surface area contributed by atoms with Gasteiger partial charge in [-0.3, -0.25) is 4.99 Å². The molecule has 1 aromatic carbocycles. The quantitative estimate of drug-likeness (QED) is 0.198. The van der Waals surface area contributed by atoms with Gasteiger partial charge in [0.25, 0.3) is 0 Å². The lowest BCUT2D eigenvalue weighted by Gasteiger charge is -2.14. The van der Waals surface area contributed by atoms with Crippen molar-refractivity contribution in [3.8, 4) is 5.75 Å². The fourth-order valence-corrected chi connectivity index (χ4v) is 2.40. The van der Waals surface area contributed by atoms with Gasteiger partial charge in [-0.1, -0.05) is 24.3 Å². The summed E-state index contributed by atoms with van der Waals surface area (Å²) in [5.41, 5.74) is 0.639. The van der Waals surface area contributed by atoms with Crippen molar-refractivity contribution in [1.82, 2.24) is 15.6 Å². The van der Waals surface area contributed by atoms with Crippen LogP contribution in [0.3, 0.4) is 0 Å². The van der Waals surface area contributed by atoms with Crippen molar-refractivity contribution < 1.29 is 13.5 Å². The fourth-order valence-electron chi connectivity index (χ4n) is 2.40. The molecule has 0 radical (unpaired) electrons. The highest BCUT2D eigenvalue weighted by Crippen LogP contribution is 2.19. The molecular formula is C19H26F2IN5O. The van der Waals surface area contributed by atoms with Gasteiger partial charge in [0.2, 0.25) is 0 Å². The van der Waals surface area contributed by atoms with E-state index in [0.29, 0.717) is 18.1 Å². The van der Waals surface area contributed by atoms with Crippen LogP contribution in [0.5, 0.6) is 5.75 Å². The minimum absolute atomic E-state index is 0. The number of alkyl halides is 2. The third-order valence-corrected chi connectivity index (χ3v) is 3.73. The number of pyridine rings is 1. The number of hydrogen-bond acceptors (Lipinski definition) is 4. The Morgan fingerprint density at radius 1 is 1.07 bits per heavy atom. The summed E-state index contributed by atoms with van der Waals surface area (Å²) in [6, 6.07) is 12.4. The number of halogens is 3. The smallest absolute Gasteiger partial charge is 0.387 e. The zero-order valence-electron chi connectivity index (χ0n) is 15.7. The van der Waals surface area contributed by atoms with E-state index in [-0.39, 0.29) is 29.7 Å². The van der Waals surface area contributed by atoms with Gasteiger partial charge in [-0.2, -0.15) is 8.78 Å². The highest BCUT2D eigenvalue weighted by molar-refractivity contribution is 14.0. The van der Waals surface area contributed by atoms with Crippen LogP contribution in [0.15, 0.2) is 53.7 Å². The Kier molecular flexibility index (Phi) is 11.9. The summed E-state index contributed by atoms with van der Waals surface area (Å²) in [7, 11) is 1.67. The summed E-state index contributed by atoms with van der Waals surface area (Å²) in [6.45, 7) is -0.922. The number of nitrogens with zero attached hydrogens (tertiary/aromatic N) is 2. The highest BCUT2D eigenvalue weighted by Gasteiger charge is 2.09. The molecule has 0 fully saturated rings. The minimum atomic E-state index is -2.84. The van der Waals surface area contributed by atoms with Crippen molar-refractivity contribution in [2.75, 3.05) is 25.5 Å². The molecule has 154 valence electrons. The molecule has 0 amide bonds. The first-order valence-electron chi connectivity index (χ1n) is 8.81. The van der Waals surface area contributed by atoms with Crippen molar-refractivity contribution in [3.63, 3.8) is 0 Å². The van der Waals surface area contributed by atoms with Gasteiger partial charge in [-0.25, -0.2) is 4.98 Å². The summed E-state index contributed by atoms with van der Waals surface area (Å²) < 4.78 is 29.4. The predicted molar refractivity (Wildman–Crippen MR) is 119 cm³/mol. The molecule has 0 saturated carbocycles. The minimum Gasteiger partial charge on any atom is -0.434 e. The fraction of sp³-hybridized carbons (Fsp3) is 0.368. The van der Waals surface area contributed by atoms with Crippen LogP contribution in [0, 0.1) is 0 Å². The van der Waals surface area contributed by atoms with Gasteiger partial charge in [-0.15, -0.1) is 24.0 Å². The van der Waals surface area contributed by atoms with Gasteiger partial charge < -0.3 is 20.7 Å². The number of anilines is 1. The van der Waals surface area contributed by atoms with Crippen LogP contribution in [0.1, 0.15) is 18.4 Å². The Hall–Kier alpha value is -2.17. The van der Waals surface area contributed by atoms with E-state index in [4.69, 9.17) is 0 Å². The Morgan fingerprint density at radius 3 is 2.54 bits per heavy atom. The van der Waals surface area contributed by atoms with Crippen molar-refractivity contribution >= 4 is 35.8 Å². The van der Waals surface area contributed by atoms with Gasteiger partial charge in [0, 0.05) is 38.4 Å². The molecule has 1 aromatic heterocycles. The zero-order chi connectivity index (χ0) is 19.3. The SMILES string of the molecule is CN=C(NCCCCNc1ccccn1)NCc1ccccc1OC(F)F.I. The van der Waals surface area contributed by atoms with E-state index in [2.05, 4.69) is 30.7 Å². The number of hydrogen-bond donors (Lipinski definition) is 3. The van der Waals surface area contributed by atoms with Crippen LogP contribution >= 0.6 is 24.0 Å². The third kappa shape index (κ3) is 9.16. The van der Waals surface area contributed by atoms with Gasteiger partial charge in [0.1, 0.15) is 11.6 Å². The second-order valence-corrected chi connectivity index (χ2v) is 5.69. The lowest BCUT2D eigenvalue weighted by Crippen LogP contribution is -2.37. The number of unbranched alkanes of at least 4 members (excludes halogenated alkanes) is 1. The maximum atomic E-state index is 12.5. The molecule has 0 saturated heterocycles. The van der Waals surface area contributed by atoms with Crippen molar-refractivity contribution in [1.29, 1.82) is 0 Å². The number of para-hydroxylation sites is 1. The number of aliphatic imine (C=N–C) groups is 1. The van der Waals surface area contributed by atoms with Crippen LogP contribution in [0.4, 0.5) is 14.6 Å². The van der Waals surface area contributed by atoms with Crippen molar-refractivity contribution in [3.05, 3.63) is 54.2 Å². The standard InChI is InChI=1S/C19H25F2N5O.HI/c1-22-19(25-13-7-6-12-24-17-10-4-5-11-23-17)26-14-15-8-2-3-9-16(15)27-18(20)21;/h2-5,8-11,18H,6-7,12-14H2,1H3,(H,23,24)(H2,22,25,26);1H. The molecule has 0 aliphatic heterocycles. The monoisotopic (exact) mass is 505 g/mol. The number of benzene rings is 1. The molecular weight excluding hydrogens is 479 g/mol. The molecule has 3 N–H and O–H groups in total. The number of rotatable bonds is 10. The zero-order valence-corrected chi connectivity index (χ0v) is 18.0. The molecule has 0 spiro atoms. The molecule has 0 aliphatic rings. The van der Waals surface area contributed by atoms with E-state index in [1.807, 2.05) is 18.2 Å². The lowest BCUT2D eigenvalue weighted by atomic mass is 10.2. The molecule has 6 nitrogen and oxygen atoms in total. The largest absolute Gasteiger partial charge is 0.434 e. The first-order chi connectivity index (χ1) is 13.2. The van der Waals surface area contributed by atoms with Crippen LogP contribution in [-0.2, 0) is 6.54 Å². The van der Waals surface area contributed by atoms with E-state index in [1.54, 1.807) is 31.4 Å². The summed E-state index contributed by atoms with van der Waals surface area (Å²) in [5.74, 6) is 1.64. The normalized spacial score (nSPS) is 10.9. The molecule has 0 unspecified atom stereocenters. The third-order valence-electron chi connectivity index (χ3n) is 3.73. The highest BCUT2D eigenvalue weighted by atomic mass is 127. The molecule has 0 bridgehead atoms. The Bertz CT molecular complexity index is 704. The van der Waals surface area contributed by atoms with Gasteiger partial charge in [-0.05, 0) is 31.0 Å². The first kappa shape index (κ1) is 23.9. The molecule has 9 heteroatoms. The molecule has 2 aromatic rings. The van der Waals surface area contributed by atoms with Crippen LogP contribution < -0.4 is 20.7 Å². The lowest BCUT2D eigenvalue weighted by molar-refractivity contribution is -0.0504. The van der Waals surface area contributed by atoms with Crippen molar-refractivity contribution in [2.24, 2.45) is 4.99 Å². The summed E-state index contributed by atoms with van der Waals surface area (Å²) >= 11 is 0. The van der Waals surface area contributed by atoms with E-state index >= 15 is 0 Å². The van der Waals surface area contributed by atoms with Crippen LogP contribution in [0.2, 0.25) is 0 Å². The number of aromatic nitrogens is 1. The molecule has 0 atom stereocenters. The average Bonchev–Trinajstić information content (AvgIpc) is 2.68. The summed E-state index contributed by atoms with van der Waals surface area (Å²) in [4.78, 5) is 8.34. The average molecular weight is 505 g/mol. The van der Waals surface area contributed by atoms with E-state index in [9.17, 15) is 8.78 Å². The molecule has 2 rings (SSSR count). The molecule has 1 heterocycles. The van der Waals surface area contributed by atoms with E-state index in [1.165, 1.54) is 6.07 Å². The second-order valence-electron chi connectivity index (χ2n) is 5.69. The number of nitrogens with one attached hydrogen (secondary N) is 3. The van der Waals surface area contributed by atoms with E-state index < -0.39 is 6.61 Å². The predicted octanol–water partition coefficient (Wildman–Crippen LogP) is 3.86. The Morgan fingerprint density at radius 2 is 1.82 bits per heavy atom. The van der Waals surface area contributed by atoms with Gasteiger partial charge in [0.05, 0.1) is 0 Å². The van der Waals surface area contributed by atoms with Crippen LogP contribution in [-0.4, -0.2) is 37.7 Å². The van der Waals surface area contributed by atoms with E-state index in [0.717, 1.165) is 31.7 Å². The topological polar surface area (TPSA) is 70.6 Å². The molecule has 0 aliphatic carbocycles. The molecule has 28 heavy (non-hydrogen) atoms. The van der Waals surface area contributed by atoms with Crippen LogP contribution in [0.25, 0.3) is 0 Å². The van der Waals surface area contributed by atoms with Gasteiger partial charge in [0.15, 0.2) is 5.96 Å². The summed E-state index contributed by atoms with van der Waals surface area (Å²) in [5, 5.41) is 9.56.